The number of amides is 1. The Balaban J connectivity index is 1.40. The SMILES string of the molecule is COc1cc(C(=O)NC[C@@H](c2ccco2)[NH+]2CCCC2)ccc1OCc1ccccc1. The van der Waals surface area contributed by atoms with Gasteiger partial charge in [0.2, 0.25) is 0 Å². The van der Waals surface area contributed by atoms with Gasteiger partial charge in [-0.2, -0.15) is 0 Å². The highest BCUT2D eigenvalue weighted by atomic mass is 16.5. The fourth-order valence-corrected chi connectivity index (χ4v) is 4.07. The fraction of sp³-hybridized carbons (Fsp3) is 0.320. The quantitative estimate of drug-likeness (QED) is 0.558. The standard InChI is InChI=1S/C25H28N2O4/c1-29-24-16-20(11-12-23(24)31-18-19-8-3-2-4-9-19)25(28)26-17-21(22-10-7-15-30-22)27-13-5-6-14-27/h2-4,7-12,15-16,21H,5-6,13-14,17-18H2,1H3,(H,26,28)/p+1/t21-/m0/s1. The molecule has 2 N–H and O–H groups in total. The Bertz CT molecular complexity index is 966. The van der Waals surface area contributed by atoms with E-state index in [1.54, 1.807) is 31.6 Å². The van der Waals surface area contributed by atoms with E-state index >= 15 is 0 Å². The predicted octanol–water partition coefficient (Wildman–Crippen LogP) is 3.02. The molecule has 0 saturated carbocycles. The van der Waals surface area contributed by atoms with Crippen molar-refractivity contribution in [3.8, 4) is 11.5 Å². The molecule has 1 aliphatic heterocycles. The Hall–Kier alpha value is -3.25. The van der Waals surface area contributed by atoms with Crippen LogP contribution >= 0.6 is 0 Å². The maximum atomic E-state index is 12.8. The lowest BCUT2D eigenvalue weighted by Gasteiger charge is -2.23. The van der Waals surface area contributed by atoms with E-state index in [1.165, 1.54) is 17.7 Å². The molecule has 0 radical (unpaired) electrons. The predicted molar refractivity (Wildman–Crippen MR) is 117 cm³/mol. The first-order valence-electron chi connectivity index (χ1n) is 10.8. The molecule has 31 heavy (non-hydrogen) atoms. The molecule has 1 atom stereocenters. The lowest BCUT2D eigenvalue weighted by Crippen LogP contribution is -3.11. The van der Waals surface area contributed by atoms with Crippen LogP contribution in [0.4, 0.5) is 0 Å². The van der Waals surface area contributed by atoms with Gasteiger partial charge in [-0.05, 0) is 35.9 Å². The van der Waals surface area contributed by atoms with E-state index in [4.69, 9.17) is 13.9 Å². The molecule has 1 aliphatic rings. The van der Waals surface area contributed by atoms with Gasteiger partial charge < -0.3 is 24.1 Å². The number of hydrogen-bond acceptors (Lipinski definition) is 4. The maximum absolute atomic E-state index is 12.8. The van der Waals surface area contributed by atoms with Gasteiger partial charge in [0.25, 0.3) is 5.91 Å². The van der Waals surface area contributed by atoms with Crippen LogP contribution < -0.4 is 19.7 Å². The first kappa shape index (κ1) is 21.0. The van der Waals surface area contributed by atoms with Gasteiger partial charge in [-0.25, -0.2) is 0 Å². The number of hydrogen-bond donors (Lipinski definition) is 2. The summed E-state index contributed by atoms with van der Waals surface area (Å²) in [7, 11) is 1.58. The van der Waals surface area contributed by atoms with E-state index in [-0.39, 0.29) is 11.9 Å². The van der Waals surface area contributed by atoms with Gasteiger partial charge in [-0.3, -0.25) is 4.79 Å². The van der Waals surface area contributed by atoms with Crippen molar-refractivity contribution in [2.45, 2.75) is 25.5 Å². The van der Waals surface area contributed by atoms with Crippen molar-refractivity contribution in [1.82, 2.24) is 5.32 Å². The fourth-order valence-electron chi connectivity index (χ4n) is 4.07. The van der Waals surface area contributed by atoms with Crippen LogP contribution in [0.5, 0.6) is 11.5 Å². The summed E-state index contributed by atoms with van der Waals surface area (Å²) in [6.07, 6.45) is 4.11. The molecule has 6 heteroatoms. The van der Waals surface area contributed by atoms with Gasteiger partial charge in [0.05, 0.1) is 33.0 Å². The van der Waals surface area contributed by atoms with Gasteiger partial charge in [0.15, 0.2) is 23.3 Å². The molecule has 2 heterocycles. The summed E-state index contributed by atoms with van der Waals surface area (Å²) in [5.74, 6) is 1.93. The van der Waals surface area contributed by atoms with E-state index < -0.39 is 0 Å². The van der Waals surface area contributed by atoms with Crippen molar-refractivity contribution in [3.05, 3.63) is 83.8 Å². The number of ether oxygens (including phenoxy) is 2. The highest BCUT2D eigenvalue weighted by Gasteiger charge is 2.30. The minimum atomic E-state index is -0.136. The van der Waals surface area contributed by atoms with E-state index in [1.807, 2.05) is 42.5 Å². The minimum absolute atomic E-state index is 0.122. The molecule has 0 aliphatic carbocycles. The average molecular weight is 422 g/mol. The van der Waals surface area contributed by atoms with Gasteiger partial charge in [-0.15, -0.1) is 0 Å². The van der Waals surface area contributed by atoms with Crippen molar-refractivity contribution < 1.29 is 23.6 Å². The Morgan fingerprint density at radius 2 is 1.87 bits per heavy atom. The lowest BCUT2D eigenvalue weighted by atomic mass is 10.1. The molecule has 0 unspecified atom stereocenters. The third kappa shape index (κ3) is 5.27. The van der Waals surface area contributed by atoms with Crippen LogP contribution in [0.2, 0.25) is 0 Å². The van der Waals surface area contributed by atoms with Crippen LogP contribution in [-0.4, -0.2) is 32.7 Å². The molecule has 1 aromatic heterocycles. The van der Waals surface area contributed by atoms with Crippen molar-refractivity contribution in [2.24, 2.45) is 0 Å². The number of carbonyl (C=O) groups excluding carboxylic acids is 1. The second-order valence-corrected chi connectivity index (χ2v) is 7.78. The van der Waals surface area contributed by atoms with E-state index in [0.717, 1.165) is 24.4 Å². The highest BCUT2D eigenvalue weighted by molar-refractivity contribution is 5.94. The number of likely N-dealkylation sites (tertiary alicyclic amines) is 1. The summed E-state index contributed by atoms with van der Waals surface area (Å²) >= 11 is 0. The van der Waals surface area contributed by atoms with E-state index in [2.05, 4.69) is 5.32 Å². The second-order valence-electron chi connectivity index (χ2n) is 7.78. The zero-order valence-electron chi connectivity index (χ0n) is 17.8. The van der Waals surface area contributed by atoms with Gasteiger partial charge >= 0.3 is 0 Å². The molecule has 6 nitrogen and oxygen atoms in total. The maximum Gasteiger partial charge on any atom is 0.251 e. The third-order valence-corrected chi connectivity index (χ3v) is 5.75. The third-order valence-electron chi connectivity index (χ3n) is 5.75. The second kappa shape index (κ2) is 10.2. The van der Waals surface area contributed by atoms with Crippen molar-refractivity contribution >= 4 is 5.91 Å². The summed E-state index contributed by atoms with van der Waals surface area (Å²) in [5, 5.41) is 3.08. The van der Waals surface area contributed by atoms with E-state index in [0.29, 0.717) is 30.2 Å². The Morgan fingerprint density at radius 1 is 1.06 bits per heavy atom. The topological polar surface area (TPSA) is 65.1 Å². The zero-order chi connectivity index (χ0) is 21.5. The molecule has 1 amide bonds. The first-order chi connectivity index (χ1) is 15.2. The van der Waals surface area contributed by atoms with Crippen LogP contribution in [-0.2, 0) is 6.61 Å². The Labute approximate surface area is 182 Å². The van der Waals surface area contributed by atoms with Gasteiger partial charge in [0.1, 0.15) is 6.61 Å². The average Bonchev–Trinajstić information content (AvgIpc) is 3.53. The smallest absolute Gasteiger partial charge is 0.251 e. The van der Waals surface area contributed by atoms with Crippen LogP contribution in [0, 0.1) is 0 Å². The molecule has 2 aromatic carbocycles. The summed E-state index contributed by atoms with van der Waals surface area (Å²) in [4.78, 5) is 14.3. The number of furan rings is 1. The Kier molecular flexibility index (Phi) is 6.89. The van der Waals surface area contributed by atoms with Crippen LogP contribution in [0.3, 0.4) is 0 Å². The first-order valence-corrected chi connectivity index (χ1v) is 10.8. The molecule has 0 spiro atoms. The van der Waals surface area contributed by atoms with Crippen molar-refractivity contribution in [3.63, 3.8) is 0 Å². The number of benzene rings is 2. The highest BCUT2D eigenvalue weighted by Crippen LogP contribution is 2.29. The number of methoxy groups -OCH3 is 1. The van der Waals surface area contributed by atoms with Crippen LogP contribution in [0.25, 0.3) is 0 Å². The molecular formula is C25H29N2O4+. The summed E-state index contributed by atoms with van der Waals surface area (Å²) in [6.45, 7) is 3.16. The minimum Gasteiger partial charge on any atom is -0.493 e. The molecule has 1 saturated heterocycles. The number of rotatable bonds is 9. The number of nitrogens with one attached hydrogen (secondary N) is 2. The molecule has 162 valence electrons. The van der Waals surface area contributed by atoms with Crippen molar-refractivity contribution in [2.75, 3.05) is 26.7 Å². The number of carbonyl (C=O) groups is 1. The van der Waals surface area contributed by atoms with Crippen LogP contribution in [0.15, 0.2) is 71.3 Å². The number of quaternary nitrogens is 1. The van der Waals surface area contributed by atoms with Crippen LogP contribution in [0.1, 0.15) is 40.6 Å². The van der Waals surface area contributed by atoms with Gasteiger partial charge in [-0.1, -0.05) is 30.3 Å². The monoisotopic (exact) mass is 421 g/mol. The van der Waals surface area contributed by atoms with Crippen molar-refractivity contribution in [1.29, 1.82) is 0 Å². The Morgan fingerprint density at radius 3 is 2.58 bits per heavy atom. The molecule has 1 fully saturated rings. The zero-order valence-corrected chi connectivity index (χ0v) is 17.8. The molecule has 4 rings (SSSR count). The lowest BCUT2D eigenvalue weighted by molar-refractivity contribution is -0.919. The summed E-state index contributed by atoms with van der Waals surface area (Å²) < 4.78 is 17.0. The molecule has 0 bridgehead atoms. The normalized spacial score (nSPS) is 14.9. The summed E-state index contributed by atoms with van der Waals surface area (Å²) in [5.41, 5.74) is 1.61. The molecule has 3 aromatic rings. The largest absolute Gasteiger partial charge is 0.493 e. The van der Waals surface area contributed by atoms with E-state index in [9.17, 15) is 4.79 Å². The molecular weight excluding hydrogens is 392 g/mol. The van der Waals surface area contributed by atoms with Gasteiger partial charge in [0, 0.05) is 18.4 Å². The summed E-state index contributed by atoms with van der Waals surface area (Å²) in [6, 6.07) is 19.2.